The van der Waals surface area contributed by atoms with Crippen LogP contribution in [0.4, 0.5) is 5.69 Å². The molecule has 1 aliphatic heterocycles. The average Bonchev–Trinajstić information content (AvgIpc) is 2.79. The van der Waals surface area contributed by atoms with E-state index in [-0.39, 0.29) is 11.9 Å². The third kappa shape index (κ3) is 5.84. The number of hydrogen-bond donors (Lipinski definition) is 3. The second kappa shape index (κ2) is 10.8. The van der Waals surface area contributed by atoms with E-state index in [1.54, 1.807) is 31.3 Å². The lowest BCUT2D eigenvalue weighted by molar-refractivity contribution is -1.02. The van der Waals surface area contributed by atoms with Crippen LogP contribution in [0.2, 0.25) is 0 Å². The number of ether oxygens (including phenoxy) is 2. The van der Waals surface area contributed by atoms with Gasteiger partial charge in [0.25, 0.3) is 5.91 Å². The van der Waals surface area contributed by atoms with Crippen molar-refractivity contribution in [3.05, 3.63) is 60.2 Å². The van der Waals surface area contributed by atoms with Gasteiger partial charge in [-0.2, -0.15) is 0 Å². The van der Waals surface area contributed by atoms with Gasteiger partial charge < -0.3 is 24.6 Å². The topological polar surface area (TPSA) is 56.4 Å². The summed E-state index contributed by atoms with van der Waals surface area (Å²) in [5.74, 6) is 1.29. The van der Waals surface area contributed by atoms with E-state index < -0.39 is 0 Å². The highest BCUT2D eigenvalue weighted by molar-refractivity contribution is 5.93. The molecular formula is C24H33N3O3+2. The van der Waals surface area contributed by atoms with Crippen LogP contribution in [-0.2, 0) is 4.79 Å². The number of methoxy groups -OCH3 is 2. The van der Waals surface area contributed by atoms with E-state index >= 15 is 0 Å². The smallest absolute Gasteiger partial charge is 0.282 e. The summed E-state index contributed by atoms with van der Waals surface area (Å²) in [6, 6.07) is 15.7. The summed E-state index contributed by atoms with van der Waals surface area (Å²) in [5, 5.41) is 3.02. The molecule has 30 heavy (non-hydrogen) atoms. The summed E-state index contributed by atoms with van der Waals surface area (Å²) in [4.78, 5) is 15.7. The molecule has 2 aromatic carbocycles. The van der Waals surface area contributed by atoms with Gasteiger partial charge in [0.1, 0.15) is 26.2 Å². The van der Waals surface area contributed by atoms with E-state index in [1.807, 2.05) is 19.1 Å². The molecule has 1 amide bonds. The maximum atomic E-state index is 12.8. The molecule has 1 saturated heterocycles. The van der Waals surface area contributed by atoms with Crippen LogP contribution in [0.3, 0.4) is 0 Å². The van der Waals surface area contributed by atoms with Crippen molar-refractivity contribution in [2.24, 2.45) is 0 Å². The summed E-state index contributed by atoms with van der Waals surface area (Å²) >= 11 is 0. The molecule has 0 saturated carbocycles. The molecule has 3 N–H and O–H groups in total. The molecule has 0 spiro atoms. The van der Waals surface area contributed by atoms with Gasteiger partial charge in [-0.15, -0.1) is 0 Å². The van der Waals surface area contributed by atoms with Crippen molar-refractivity contribution < 1.29 is 24.1 Å². The number of nitrogens with one attached hydrogen (secondary N) is 3. The minimum Gasteiger partial charge on any atom is -0.493 e. The minimum absolute atomic E-state index is 0.0321. The molecule has 160 valence electrons. The molecule has 2 aromatic rings. The lowest BCUT2D eigenvalue weighted by Crippen LogP contribution is -3.29. The zero-order valence-electron chi connectivity index (χ0n) is 18.1. The van der Waals surface area contributed by atoms with E-state index in [9.17, 15) is 4.79 Å². The van der Waals surface area contributed by atoms with Gasteiger partial charge in [-0.05, 0) is 30.7 Å². The first kappa shape index (κ1) is 21.9. The van der Waals surface area contributed by atoms with E-state index in [0.717, 1.165) is 38.4 Å². The van der Waals surface area contributed by atoms with Crippen molar-refractivity contribution in [1.82, 2.24) is 0 Å². The molecule has 6 heteroatoms. The number of amides is 1. The third-order valence-electron chi connectivity index (χ3n) is 5.77. The second-order valence-electron chi connectivity index (χ2n) is 7.71. The normalized spacial score (nSPS) is 20.0. The first-order chi connectivity index (χ1) is 14.6. The Morgan fingerprint density at radius 2 is 1.73 bits per heavy atom. The summed E-state index contributed by atoms with van der Waals surface area (Å²) in [6.45, 7) is 7.16. The maximum absolute atomic E-state index is 12.8. The zero-order chi connectivity index (χ0) is 21.3. The summed E-state index contributed by atoms with van der Waals surface area (Å²) < 4.78 is 10.6. The Hall–Kier alpha value is -2.83. The molecule has 0 radical (unpaired) electrons. The first-order valence-electron chi connectivity index (χ1n) is 10.5. The van der Waals surface area contributed by atoms with E-state index in [1.165, 1.54) is 10.5 Å². The molecular weight excluding hydrogens is 378 g/mol. The second-order valence-corrected chi connectivity index (χ2v) is 7.71. The molecule has 1 atom stereocenters. The van der Waals surface area contributed by atoms with Crippen molar-refractivity contribution in [3.8, 4) is 11.5 Å². The lowest BCUT2D eigenvalue weighted by atomic mass is 10.2. The Morgan fingerprint density at radius 3 is 2.40 bits per heavy atom. The summed E-state index contributed by atoms with van der Waals surface area (Å²) in [5.41, 5.74) is 1.96. The molecule has 0 bridgehead atoms. The first-order valence-corrected chi connectivity index (χ1v) is 10.5. The Balaban J connectivity index is 1.47. The van der Waals surface area contributed by atoms with Gasteiger partial charge in [0, 0.05) is 11.8 Å². The van der Waals surface area contributed by atoms with Crippen LogP contribution < -0.4 is 24.6 Å². The van der Waals surface area contributed by atoms with Crippen molar-refractivity contribution in [3.63, 3.8) is 0 Å². The fourth-order valence-electron chi connectivity index (χ4n) is 3.84. The Labute approximate surface area is 179 Å². The van der Waals surface area contributed by atoms with Crippen molar-refractivity contribution in [2.45, 2.75) is 13.0 Å². The van der Waals surface area contributed by atoms with E-state index in [2.05, 4.69) is 41.7 Å². The monoisotopic (exact) mass is 411 g/mol. The van der Waals surface area contributed by atoms with Gasteiger partial charge in [-0.3, -0.25) is 4.79 Å². The highest BCUT2D eigenvalue weighted by Crippen LogP contribution is 2.29. The lowest BCUT2D eigenvalue weighted by Gasteiger charge is -2.32. The highest BCUT2D eigenvalue weighted by Gasteiger charge is 2.30. The van der Waals surface area contributed by atoms with Gasteiger partial charge >= 0.3 is 0 Å². The van der Waals surface area contributed by atoms with E-state index in [4.69, 9.17) is 9.47 Å². The number of hydrogen-bond acceptors (Lipinski definition) is 3. The number of quaternary nitrogens is 2. The molecule has 1 aliphatic rings. The third-order valence-corrected chi connectivity index (χ3v) is 5.77. The number of carbonyl (C=O) groups is 1. The van der Waals surface area contributed by atoms with Crippen LogP contribution in [0.25, 0.3) is 6.08 Å². The summed E-state index contributed by atoms with van der Waals surface area (Å²) in [6.07, 6.45) is 4.44. The number of rotatable bonds is 8. The zero-order valence-corrected chi connectivity index (χ0v) is 18.1. The van der Waals surface area contributed by atoms with Gasteiger partial charge in [-0.1, -0.05) is 36.4 Å². The molecule has 1 heterocycles. The number of anilines is 1. The van der Waals surface area contributed by atoms with Crippen LogP contribution in [-0.4, -0.2) is 58.9 Å². The molecule has 0 unspecified atom stereocenters. The van der Waals surface area contributed by atoms with Crippen molar-refractivity contribution in [2.75, 3.05) is 52.3 Å². The largest absolute Gasteiger partial charge is 0.493 e. The van der Waals surface area contributed by atoms with E-state index in [0.29, 0.717) is 11.5 Å². The number of benzene rings is 2. The van der Waals surface area contributed by atoms with Crippen molar-refractivity contribution >= 4 is 17.7 Å². The van der Waals surface area contributed by atoms with Gasteiger partial charge in [0.2, 0.25) is 0 Å². The van der Waals surface area contributed by atoms with Gasteiger partial charge in [0.05, 0.1) is 20.8 Å². The average molecular weight is 412 g/mol. The van der Waals surface area contributed by atoms with Crippen LogP contribution >= 0.6 is 0 Å². The van der Waals surface area contributed by atoms with Crippen molar-refractivity contribution in [1.29, 1.82) is 0 Å². The van der Waals surface area contributed by atoms with Crippen LogP contribution in [0.15, 0.2) is 54.6 Å². The number of carbonyl (C=O) groups excluding carboxylic acids is 1. The van der Waals surface area contributed by atoms with Gasteiger partial charge in [0.15, 0.2) is 17.5 Å². The Kier molecular flexibility index (Phi) is 7.88. The Morgan fingerprint density at radius 1 is 1.03 bits per heavy atom. The fourth-order valence-corrected chi connectivity index (χ4v) is 3.84. The fraction of sp³-hybridized carbons (Fsp3) is 0.375. The minimum atomic E-state index is -0.0977. The van der Waals surface area contributed by atoms with Crippen LogP contribution in [0.1, 0.15) is 12.5 Å². The SMILES string of the molecule is COc1ccc(NC(=O)[C@H](C)[NH+]2CC[NH+](C/C=C/c3ccccc3)CC2)cc1OC. The molecule has 3 rings (SSSR count). The maximum Gasteiger partial charge on any atom is 0.282 e. The molecule has 6 nitrogen and oxygen atoms in total. The quantitative estimate of drug-likeness (QED) is 0.594. The summed E-state index contributed by atoms with van der Waals surface area (Å²) in [7, 11) is 3.19. The van der Waals surface area contributed by atoms with Crippen LogP contribution in [0.5, 0.6) is 11.5 Å². The molecule has 0 aromatic heterocycles. The highest BCUT2D eigenvalue weighted by atomic mass is 16.5. The number of piperazine rings is 1. The standard InChI is InChI=1S/C24H31N3O3/c1-19(24(28)25-21-11-12-22(29-2)23(18-21)30-3)27-16-14-26(15-17-27)13-7-10-20-8-5-4-6-9-20/h4-12,18-19H,13-17H2,1-3H3,(H,25,28)/p+2/b10-7+/t19-/m0/s1. The van der Waals surface area contributed by atoms with Crippen LogP contribution in [0, 0.1) is 0 Å². The Bertz CT molecular complexity index is 846. The predicted molar refractivity (Wildman–Crippen MR) is 119 cm³/mol. The molecule has 1 fully saturated rings. The molecule has 0 aliphatic carbocycles. The predicted octanol–water partition coefficient (Wildman–Crippen LogP) is 0.528. The van der Waals surface area contributed by atoms with Gasteiger partial charge in [-0.25, -0.2) is 0 Å².